The molecule has 1 fully saturated rings. The average molecular weight is 386 g/mol. The van der Waals surface area contributed by atoms with Crippen molar-refractivity contribution in [2.24, 2.45) is 0 Å². The number of aryl methyl sites for hydroxylation is 1. The van der Waals surface area contributed by atoms with Crippen molar-refractivity contribution >= 4 is 10.0 Å². The Hall–Kier alpha value is -2.40. The summed E-state index contributed by atoms with van der Waals surface area (Å²) in [5, 5.41) is 9.18. The number of nitrogens with zero attached hydrogens (tertiary/aromatic N) is 2. The molecule has 6 nitrogen and oxygen atoms in total. The first-order chi connectivity index (χ1) is 13.0. The molecule has 0 atom stereocenters. The molecule has 27 heavy (non-hydrogen) atoms. The van der Waals surface area contributed by atoms with Gasteiger partial charge >= 0.3 is 0 Å². The molecule has 7 heteroatoms. The molecule has 0 bridgehead atoms. The highest BCUT2D eigenvalue weighted by atomic mass is 32.2. The zero-order chi connectivity index (χ0) is 19.3. The van der Waals surface area contributed by atoms with Gasteiger partial charge in [-0.1, -0.05) is 30.3 Å². The maximum atomic E-state index is 12.9. The van der Waals surface area contributed by atoms with E-state index in [2.05, 4.69) is 0 Å². The van der Waals surface area contributed by atoms with Crippen molar-refractivity contribution in [2.45, 2.75) is 11.8 Å². The second kappa shape index (κ2) is 8.53. The van der Waals surface area contributed by atoms with Gasteiger partial charge in [-0.25, -0.2) is 8.42 Å². The Bertz CT molecular complexity index is 929. The van der Waals surface area contributed by atoms with Gasteiger partial charge in [0.1, 0.15) is 25.0 Å². The summed E-state index contributed by atoms with van der Waals surface area (Å²) in [4.78, 5) is 1.42. The lowest BCUT2D eigenvalue weighted by Crippen LogP contribution is -3.15. The van der Waals surface area contributed by atoms with E-state index in [1.165, 1.54) is 21.3 Å². The van der Waals surface area contributed by atoms with Crippen LogP contribution in [0.3, 0.4) is 0 Å². The van der Waals surface area contributed by atoms with Gasteiger partial charge in [0.25, 0.3) is 0 Å². The van der Waals surface area contributed by atoms with Crippen LogP contribution in [0.15, 0.2) is 53.4 Å². The SMILES string of the molecule is Cc1ccccc1OCC[NH+]1CCN(S(=O)(=O)c2ccccc2C#N)CC1. The highest BCUT2D eigenvalue weighted by molar-refractivity contribution is 7.89. The van der Waals surface area contributed by atoms with Crippen molar-refractivity contribution in [1.82, 2.24) is 4.31 Å². The fourth-order valence-corrected chi connectivity index (χ4v) is 4.82. The van der Waals surface area contributed by atoms with Crippen LogP contribution in [0.2, 0.25) is 0 Å². The zero-order valence-electron chi connectivity index (χ0n) is 15.4. The number of nitrogens with one attached hydrogen (secondary N) is 1. The van der Waals surface area contributed by atoms with Crippen LogP contribution in [0.5, 0.6) is 5.75 Å². The highest BCUT2D eigenvalue weighted by Crippen LogP contribution is 2.19. The normalized spacial score (nSPS) is 16.0. The van der Waals surface area contributed by atoms with Crippen LogP contribution in [-0.4, -0.2) is 52.1 Å². The number of ether oxygens (including phenoxy) is 1. The number of quaternary nitrogens is 1. The Morgan fingerprint density at radius 2 is 1.78 bits per heavy atom. The third-order valence-corrected chi connectivity index (χ3v) is 6.82. The number of hydrogen-bond donors (Lipinski definition) is 1. The molecular weight excluding hydrogens is 362 g/mol. The first kappa shape index (κ1) is 19.4. The maximum absolute atomic E-state index is 12.9. The molecule has 0 aliphatic carbocycles. The van der Waals surface area contributed by atoms with E-state index in [1.807, 2.05) is 37.3 Å². The van der Waals surface area contributed by atoms with Gasteiger partial charge in [-0.3, -0.25) is 0 Å². The van der Waals surface area contributed by atoms with Gasteiger partial charge in [0.05, 0.1) is 36.6 Å². The third-order valence-electron chi connectivity index (χ3n) is 4.86. The first-order valence-corrected chi connectivity index (χ1v) is 10.5. The van der Waals surface area contributed by atoms with Crippen LogP contribution in [-0.2, 0) is 10.0 Å². The van der Waals surface area contributed by atoms with E-state index in [4.69, 9.17) is 4.74 Å². The van der Waals surface area contributed by atoms with Gasteiger partial charge in [-0.05, 0) is 30.7 Å². The molecule has 1 heterocycles. The molecule has 0 saturated carbocycles. The van der Waals surface area contributed by atoms with Crippen molar-refractivity contribution in [3.8, 4) is 11.8 Å². The summed E-state index contributed by atoms with van der Waals surface area (Å²) in [6.07, 6.45) is 0. The number of nitriles is 1. The molecular formula is C20H24N3O3S+. The summed E-state index contributed by atoms with van der Waals surface area (Å²) >= 11 is 0. The number of sulfonamides is 1. The molecule has 142 valence electrons. The van der Waals surface area contributed by atoms with Gasteiger partial charge < -0.3 is 9.64 Å². The predicted octanol–water partition coefficient (Wildman–Crippen LogP) is 0.835. The summed E-state index contributed by atoms with van der Waals surface area (Å²) in [5.41, 5.74) is 1.30. The topological polar surface area (TPSA) is 74.8 Å². The molecule has 0 unspecified atom stereocenters. The lowest BCUT2D eigenvalue weighted by atomic mass is 10.2. The van der Waals surface area contributed by atoms with Crippen LogP contribution in [0.1, 0.15) is 11.1 Å². The van der Waals surface area contributed by atoms with Crippen LogP contribution in [0.25, 0.3) is 0 Å². The minimum Gasteiger partial charge on any atom is -0.487 e. The minimum absolute atomic E-state index is 0.0961. The molecule has 1 aliphatic rings. The molecule has 2 aromatic rings. The van der Waals surface area contributed by atoms with E-state index in [0.29, 0.717) is 19.7 Å². The summed E-state index contributed by atoms with van der Waals surface area (Å²) in [6.45, 7) is 5.80. The van der Waals surface area contributed by atoms with Crippen LogP contribution >= 0.6 is 0 Å². The Balaban J connectivity index is 1.54. The first-order valence-electron chi connectivity index (χ1n) is 9.03. The Labute approximate surface area is 160 Å². The molecule has 0 spiro atoms. The van der Waals surface area contributed by atoms with Gasteiger partial charge in [0.2, 0.25) is 10.0 Å². The van der Waals surface area contributed by atoms with E-state index >= 15 is 0 Å². The molecule has 1 saturated heterocycles. The largest absolute Gasteiger partial charge is 0.487 e. The number of para-hydroxylation sites is 1. The minimum atomic E-state index is -3.63. The van der Waals surface area contributed by atoms with E-state index in [9.17, 15) is 13.7 Å². The summed E-state index contributed by atoms with van der Waals surface area (Å²) in [5.74, 6) is 0.895. The van der Waals surface area contributed by atoms with Crippen LogP contribution in [0, 0.1) is 18.3 Å². The number of rotatable bonds is 6. The van der Waals surface area contributed by atoms with E-state index in [-0.39, 0.29) is 10.5 Å². The van der Waals surface area contributed by atoms with Crippen molar-refractivity contribution < 1.29 is 18.1 Å². The maximum Gasteiger partial charge on any atom is 0.244 e. The standard InChI is InChI=1S/C20H23N3O3S/c1-17-6-2-4-8-19(17)26-15-14-22-10-12-23(13-11-22)27(24,25)20-9-5-3-7-18(20)16-21/h2-9H,10-15H2,1H3/p+1. The van der Waals surface area contributed by atoms with E-state index in [1.54, 1.807) is 12.1 Å². The summed E-state index contributed by atoms with van der Waals surface area (Å²) in [6, 6.07) is 16.3. The second-order valence-corrected chi connectivity index (χ2v) is 8.53. The molecule has 1 N–H and O–H groups in total. The van der Waals surface area contributed by atoms with Crippen molar-refractivity contribution in [3.05, 3.63) is 59.7 Å². The monoisotopic (exact) mass is 386 g/mol. The van der Waals surface area contributed by atoms with E-state index < -0.39 is 10.0 Å². The summed E-state index contributed by atoms with van der Waals surface area (Å²) < 4.78 is 33.0. The highest BCUT2D eigenvalue weighted by Gasteiger charge is 2.31. The molecule has 1 aliphatic heterocycles. The molecule has 2 aromatic carbocycles. The fraction of sp³-hybridized carbons (Fsp3) is 0.350. The molecule has 0 amide bonds. The Kier molecular flexibility index (Phi) is 6.11. The molecule has 0 aromatic heterocycles. The van der Waals surface area contributed by atoms with Crippen LogP contribution < -0.4 is 9.64 Å². The Morgan fingerprint density at radius 3 is 2.48 bits per heavy atom. The average Bonchev–Trinajstić information content (AvgIpc) is 2.70. The van der Waals surface area contributed by atoms with Crippen molar-refractivity contribution in [3.63, 3.8) is 0 Å². The van der Waals surface area contributed by atoms with Gasteiger partial charge in [-0.15, -0.1) is 0 Å². The quantitative estimate of drug-likeness (QED) is 0.798. The number of benzene rings is 2. The summed E-state index contributed by atoms with van der Waals surface area (Å²) in [7, 11) is -3.63. The van der Waals surface area contributed by atoms with Crippen molar-refractivity contribution in [1.29, 1.82) is 5.26 Å². The van der Waals surface area contributed by atoms with Crippen molar-refractivity contribution in [2.75, 3.05) is 39.3 Å². The fourth-order valence-electron chi connectivity index (χ4n) is 3.24. The van der Waals surface area contributed by atoms with Gasteiger partial charge in [-0.2, -0.15) is 9.57 Å². The molecule has 0 radical (unpaired) electrons. The number of hydrogen-bond acceptors (Lipinski definition) is 4. The smallest absolute Gasteiger partial charge is 0.244 e. The Morgan fingerprint density at radius 1 is 1.11 bits per heavy atom. The predicted molar refractivity (Wildman–Crippen MR) is 102 cm³/mol. The van der Waals surface area contributed by atoms with E-state index in [0.717, 1.165) is 30.9 Å². The molecule has 3 rings (SSSR count). The van der Waals surface area contributed by atoms with Gasteiger partial charge in [0, 0.05) is 0 Å². The third kappa shape index (κ3) is 4.48. The number of piperazine rings is 1. The lowest BCUT2D eigenvalue weighted by molar-refractivity contribution is -0.903. The zero-order valence-corrected chi connectivity index (χ0v) is 16.2. The van der Waals surface area contributed by atoms with Crippen LogP contribution in [0.4, 0.5) is 0 Å². The second-order valence-electron chi connectivity index (χ2n) is 6.63. The lowest BCUT2D eigenvalue weighted by Gasteiger charge is -2.31. The van der Waals surface area contributed by atoms with Gasteiger partial charge in [0.15, 0.2) is 0 Å².